The van der Waals surface area contributed by atoms with E-state index in [-0.39, 0.29) is 23.6 Å². The summed E-state index contributed by atoms with van der Waals surface area (Å²) in [5, 5.41) is 3.37. The van der Waals surface area contributed by atoms with Gasteiger partial charge in [0, 0.05) is 58.4 Å². The number of carbonyl (C=O) groups is 4. The second-order valence-electron chi connectivity index (χ2n) is 10.7. The summed E-state index contributed by atoms with van der Waals surface area (Å²) >= 11 is 1.71. The number of nitrogens with zero attached hydrogens (tertiary/aromatic N) is 3. The first-order chi connectivity index (χ1) is 20.9. The topological polar surface area (TPSA) is 78.0 Å². The molecule has 0 saturated carbocycles. The van der Waals surface area contributed by atoms with Gasteiger partial charge in [-0.15, -0.1) is 0 Å². The zero-order valence-corrected chi connectivity index (χ0v) is 26.0. The molecular formula is C35H37N3O4S. The summed E-state index contributed by atoms with van der Waals surface area (Å²) in [5.41, 5.74) is 3.41. The molecule has 0 radical (unpaired) electrons. The largest absolute Gasteiger partial charge is 0.305 e. The standard InChI is InChI=1S/C33H31N3O4S.C2H6/c1-21-13-14-27-29-23(21)9-5-12-26(29)32(39)36(33(27)40)18-20-41-19-6-15-34(2)16-17-35-30(37)24-10-3-7-22-8-4-11-25(28(22)24)31(35)38;1-2/h3-5,7-14H,6,15-20H2,1-2H3;1-2H3. The van der Waals surface area contributed by atoms with E-state index >= 15 is 0 Å². The monoisotopic (exact) mass is 595 g/mol. The van der Waals surface area contributed by atoms with E-state index < -0.39 is 0 Å². The van der Waals surface area contributed by atoms with Crippen molar-refractivity contribution in [2.24, 2.45) is 0 Å². The smallest absolute Gasteiger partial charge is 0.261 e. The average Bonchev–Trinajstić information content (AvgIpc) is 3.03. The molecule has 43 heavy (non-hydrogen) atoms. The van der Waals surface area contributed by atoms with Crippen molar-refractivity contribution in [2.45, 2.75) is 27.2 Å². The molecule has 0 aromatic heterocycles. The van der Waals surface area contributed by atoms with E-state index in [1.54, 1.807) is 30.0 Å². The minimum absolute atomic E-state index is 0.223. The van der Waals surface area contributed by atoms with Crippen molar-refractivity contribution >= 4 is 56.9 Å². The molecule has 0 unspecified atom stereocenters. The summed E-state index contributed by atoms with van der Waals surface area (Å²) in [6.45, 7) is 8.09. The lowest BCUT2D eigenvalue weighted by molar-refractivity contribution is 0.0590. The molecule has 0 aliphatic carbocycles. The number of rotatable bonds is 10. The summed E-state index contributed by atoms with van der Waals surface area (Å²) in [6.07, 6.45) is 0.911. The van der Waals surface area contributed by atoms with Crippen LogP contribution in [0.15, 0.2) is 66.7 Å². The Kier molecular flexibility index (Phi) is 9.28. The summed E-state index contributed by atoms with van der Waals surface area (Å²) in [6, 6.07) is 20.6. The zero-order valence-electron chi connectivity index (χ0n) is 25.2. The normalized spacial score (nSPS) is 14.2. The van der Waals surface area contributed by atoms with Crippen LogP contribution < -0.4 is 0 Å². The van der Waals surface area contributed by atoms with E-state index in [1.165, 1.54) is 9.80 Å². The Morgan fingerprint density at radius 1 is 0.628 bits per heavy atom. The minimum atomic E-state index is -0.237. The van der Waals surface area contributed by atoms with Crippen molar-refractivity contribution in [3.63, 3.8) is 0 Å². The molecule has 4 amide bonds. The summed E-state index contributed by atoms with van der Waals surface area (Å²) in [4.78, 5) is 57.3. The molecular weight excluding hydrogens is 558 g/mol. The Labute approximate surface area is 256 Å². The molecule has 7 nitrogen and oxygen atoms in total. The molecule has 6 rings (SSSR count). The number of hydrogen-bond donors (Lipinski definition) is 0. The Morgan fingerprint density at radius 2 is 1.16 bits per heavy atom. The van der Waals surface area contributed by atoms with Crippen LogP contribution in [0.5, 0.6) is 0 Å². The Bertz CT molecular complexity index is 1660. The number of benzene rings is 4. The van der Waals surface area contributed by atoms with Crippen LogP contribution in [0, 0.1) is 6.92 Å². The van der Waals surface area contributed by atoms with Crippen molar-refractivity contribution in [2.75, 3.05) is 44.7 Å². The SMILES string of the molecule is CC.Cc1ccc2c3c(cccc13)C(=O)N(CCSCCCN(C)CCN1C(=O)c3cccc4cccc(c34)C1=O)C2=O. The third-order valence-electron chi connectivity index (χ3n) is 8.06. The van der Waals surface area contributed by atoms with Gasteiger partial charge in [-0.1, -0.05) is 56.3 Å². The van der Waals surface area contributed by atoms with Crippen LogP contribution in [0.2, 0.25) is 0 Å². The fourth-order valence-electron chi connectivity index (χ4n) is 5.86. The summed E-state index contributed by atoms with van der Waals surface area (Å²) in [5.74, 6) is 0.626. The lowest BCUT2D eigenvalue weighted by Crippen LogP contribution is -2.44. The van der Waals surface area contributed by atoms with Crippen LogP contribution in [-0.2, 0) is 0 Å². The summed E-state index contributed by atoms with van der Waals surface area (Å²) < 4.78 is 0. The Hall–Kier alpha value is -4.01. The van der Waals surface area contributed by atoms with Gasteiger partial charge < -0.3 is 4.90 Å². The van der Waals surface area contributed by atoms with Gasteiger partial charge in [-0.25, -0.2) is 0 Å². The Balaban J connectivity index is 0.00000180. The highest BCUT2D eigenvalue weighted by atomic mass is 32.2. The van der Waals surface area contributed by atoms with Gasteiger partial charge in [0.05, 0.1) is 0 Å². The number of carbonyl (C=O) groups excluding carboxylic acids is 4. The highest BCUT2D eigenvalue weighted by molar-refractivity contribution is 7.99. The van der Waals surface area contributed by atoms with Gasteiger partial charge in [0.2, 0.25) is 0 Å². The van der Waals surface area contributed by atoms with E-state index in [0.29, 0.717) is 47.6 Å². The van der Waals surface area contributed by atoms with E-state index in [9.17, 15) is 19.2 Å². The Morgan fingerprint density at radius 3 is 1.79 bits per heavy atom. The van der Waals surface area contributed by atoms with Crippen LogP contribution in [-0.4, -0.2) is 83.1 Å². The molecule has 0 saturated heterocycles. The molecule has 4 aromatic carbocycles. The van der Waals surface area contributed by atoms with E-state index in [0.717, 1.165) is 45.8 Å². The molecule has 2 aliphatic rings. The number of hydrogen-bond acceptors (Lipinski definition) is 6. The molecule has 0 N–H and O–H groups in total. The van der Waals surface area contributed by atoms with E-state index in [1.807, 2.05) is 76.3 Å². The highest BCUT2D eigenvalue weighted by Gasteiger charge is 2.33. The first-order valence-corrected chi connectivity index (χ1v) is 16.0. The third kappa shape index (κ3) is 5.69. The van der Waals surface area contributed by atoms with Gasteiger partial charge in [-0.05, 0) is 73.3 Å². The van der Waals surface area contributed by atoms with Crippen LogP contribution in [0.4, 0.5) is 0 Å². The van der Waals surface area contributed by atoms with Crippen molar-refractivity contribution < 1.29 is 19.2 Å². The van der Waals surface area contributed by atoms with Gasteiger partial charge in [-0.2, -0.15) is 11.8 Å². The molecule has 0 bridgehead atoms. The lowest BCUT2D eigenvalue weighted by atomic mass is 9.92. The number of imide groups is 2. The van der Waals surface area contributed by atoms with Gasteiger partial charge in [0.1, 0.15) is 0 Å². The van der Waals surface area contributed by atoms with Crippen molar-refractivity contribution in [1.29, 1.82) is 0 Å². The first kappa shape index (κ1) is 30.4. The fraction of sp³-hybridized carbons (Fsp3) is 0.314. The number of thioether (sulfide) groups is 1. The van der Waals surface area contributed by atoms with Crippen LogP contribution in [0.25, 0.3) is 21.5 Å². The molecule has 2 aliphatic heterocycles. The fourth-order valence-corrected chi connectivity index (χ4v) is 6.70. The van der Waals surface area contributed by atoms with Crippen LogP contribution >= 0.6 is 11.8 Å². The van der Waals surface area contributed by atoms with Crippen molar-refractivity contribution in [3.8, 4) is 0 Å². The molecule has 8 heteroatoms. The van der Waals surface area contributed by atoms with Crippen LogP contribution in [0.1, 0.15) is 67.3 Å². The van der Waals surface area contributed by atoms with Gasteiger partial charge in [0.25, 0.3) is 23.6 Å². The van der Waals surface area contributed by atoms with Gasteiger partial charge >= 0.3 is 0 Å². The van der Waals surface area contributed by atoms with Crippen LogP contribution in [0.3, 0.4) is 0 Å². The molecule has 0 spiro atoms. The quantitative estimate of drug-likeness (QED) is 0.159. The summed E-state index contributed by atoms with van der Waals surface area (Å²) in [7, 11) is 1.99. The van der Waals surface area contributed by atoms with E-state index in [4.69, 9.17) is 0 Å². The maximum atomic E-state index is 13.1. The maximum absolute atomic E-state index is 13.1. The molecule has 0 fully saturated rings. The minimum Gasteiger partial charge on any atom is -0.305 e. The zero-order chi connectivity index (χ0) is 30.7. The maximum Gasteiger partial charge on any atom is 0.261 e. The second kappa shape index (κ2) is 13.1. The van der Waals surface area contributed by atoms with Gasteiger partial charge in [0.15, 0.2) is 0 Å². The first-order valence-electron chi connectivity index (χ1n) is 14.9. The molecule has 0 atom stereocenters. The van der Waals surface area contributed by atoms with Crippen molar-refractivity contribution in [3.05, 3.63) is 94.5 Å². The predicted molar refractivity (Wildman–Crippen MR) is 174 cm³/mol. The number of amides is 4. The molecule has 2 heterocycles. The second-order valence-corrected chi connectivity index (χ2v) is 11.9. The number of aryl methyl sites for hydroxylation is 1. The molecule has 4 aromatic rings. The average molecular weight is 596 g/mol. The van der Waals surface area contributed by atoms with Gasteiger partial charge in [-0.3, -0.25) is 29.0 Å². The van der Waals surface area contributed by atoms with E-state index in [2.05, 4.69) is 4.90 Å². The molecule has 222 valence electrons. The highest BCUT2D eigenvalue weighted by Crippen LogP contribution is 2.32. The predicted octanol–water partition coefficient (Wildman–Crippen LogP) is 6.27. The number of likely N-dealkylation sites (N-methyl/N-ethyl adjacent to an activating group) is 1. The van der Waals surface area contributed by atoms with Crippen molar-refractivity contribution in [1.82, 2.24) is 14.7 Å². The third-order valence-corrected chi connectivity index (χ3v) is 9.11. The lowest BCUT2D eigenvalue weighted by Gasteiger charge is -2.29.